The summed E-state index contributed by atoms with van der Waals surface area (Å²) in [7, 11) is 3.20. The summed E-state index contributed by atoms with van der Waals surface area (Å²) in [6.07, 6.45) is 2.66. The van der Waals surface area contributed by atoms with Gasteiger partial charge in [0, 0.05) is 37.8 Å². The van der Waals surface area contributed by atoms with Crippen molar-refractivity contribution in [3.63, 3.8) is 0 Å². The second-order valence-electron chi connectivity index (χ2n) is 6.92. The molecule has 1 fully saturated rings. The molecule has 1 aromatic carbocycles. The first-order valence-corrected chi connectivity index (χ1v) is 8.80. The molecule has 1 amide bonds. The van der Waals surface area contributed by atoms with Gasteiger partial charge >= 0.3 is 5.97 Å². The first kappa shape index (κ1) is 16.8. The number of hydrogen-bond donors (Lipinski definition) is 2. The molecular weight excluding hydrogens is 332 g/mol. The van der Waals surface area contributed by atoms with Crippen LogP contribution in [0.4, 0.5) is 0 Å². The quantitative estimate of drug-likeness (QED) is 0.815. The Hall–Kier alpha value is -2.67. The van der Waals surface area contributed by atoms with Crippen LogP contribution in [0.2, 0.25) is 0 Å². The molecule has 26 heavy (non-hydrogen) atoms. The van der Waals surface area contributed by atoms with Crippen LogP contribution in [0.5, 0.6) is 0 Å². The Morgan fingerprint density at radius 1 is 1.23 bits per heavy atom. The van der Waals surface area contributed by atoms with Gasteiger partial charge in [0.25, 0.3) is 5.91 Å². The maximum absolute atomic E-state index is 13.1. The Labute approximate surface area is 151 Å². The molecule has 2 heterocycles. The van der Waals surface area contributed by atoms with Crippen molar-refractivity contribution in [3.05, 3.63) is 52.3 Å². The van der Waals surface area contributed by atoms with Gasteiger partial charge in [-0.3, -0.25) is 9.89 Å². The smallest absolute Gasteiger partial charge is 0.337 e. The van der Waals surface area contributed by atoms with Gasteiger partial charge in [-0.2, -0.15) is 5.10 Å². The summed E-state index contributed by atoms with van der Waals surface area (Å²) >= 11 is 0. The normalized spacial score (nSPS) is 17.3. The van der Waals surface area contributed by atoms with Gasteiger partial charge in [-0.15, -0.1) is 0 Å². The van der Waals surface area contributed by atoms with Crippen LogP contribution in [0.3, 0.4) is 0 Å². The van der Waals surface area contributed by atoms with E-state index in [-0.39, 0.29) is 17.4 Å². The van der Waals surface area contributed by atoms with Crippen LogP contribution in [0.25, 0.3) is 0 Å². The van der Waals surface area contributed by atoms with Gasteiger partial charge in [0.15, 0.2) is 5.69 Å². The number of esters is 1. The monoisotopic (exact) mass is 354 g/mol. The van der Waals surface area contributed by atoms with Crippen LogP contribution in [0, 0.1) is 0 Å². The topological polar surface area (TPSA) is 87.3 Å². The number of ether oxygens (including phenoxy) is 1. The summed E-state index contributed by atoms with van der Waals surface area (Å²) in [5, 5.41) is 10.6. The molecule has 7 nitrogen and oxygen atoms in total. The molecule has 0 atom stereocenters. The third kappa shape index (κ3) is 2.59. The van der Waals surface area contributed by atoms with Crippen molar-refractivity contribution in [2.24, 2.45) is 0 Å². The van der Waals surface area contributed by atoms with Crippen LogP contribution in [0.1, 0.15) is 50.5 Å². The highest BCUT2D eigenvalue weighted by Gasteiger charge is 2.50. The van der Waals surface area contributed by atoms with Crippen LogP contribution >= 0.6 is 0 Å². The van der Waals surface area contributed by atoms with E-state index in [2.05, 4.69) is 15.5 Å². The Balaban J connectivity index is 1.59. The molecule has 0 saturated heterocycles. The molecule has 1 aliphatic carbocycles. The largest absolute Gasteiger partial charge is 0.465 e. The van der Waals surface area contributed by atoms with E-state index in [0.29, 0.717) is 17.8 Å². The van der Waals surface area contributed by atoms with Crippen LogP contribution < -0.4 is 5.32 Å². The molecule has 0 radical (unpaired) electrons. The summed E-state index contributed by atoms with van der Waals surface area (Å²) in [6, 6.07) is 7.31. The molecule has 136 valence electrons. The van der Waals surface area contributed by atoms with Gasteiger partial charge in [-0.25, -0.2) is 4.79 Å². The van der Waals surface area contributed by atoms with Crippen molar-refractivity contribution in [2.75, 3.05) is 20.7 Å². The summed E-state index contributed by atoms with van der Waals surface area (Å²) < 4.78 is 4.74. The van der Waals surface area contributed by atoms with E-state index in [9.17, 15) is 9.59 Å². The fourth-order valence-electron chi connectivity index (χ4n) is 3.73. The van der Waals surface area contributed by atoms with Crippen LogP contribution in [0.15, 0.2) is 24.3 Å². The van der Waals surface area contributed by atoms with Crippen LogP contribution in [-0.4, -0.2) is 47.7 Å². The van der Waals surface area contributed by atoms with Gasteiger partial charge in [0.05, 0.1) is 18.2 Å². The minimum atomic E-state index is -0.360. The zero-order valence-corrected chi connectivity index (χ0v) is 15.0. The third-order valence-electron chi connectivity index (χ3n) is 5.52. The molecule has 1 saturated carbocycles. The minimum Gasteiger partial charge on any atom is -0.465 e. The van der Waals surface area contributed by atoms with Crippen molar-refractivity contribution in [2.45, 2.75) is 31.3 Å². The number of nitrogens with zero attached hydrogens (tertiary/aromatic N) is 2. The van der Waals surface area contributed by atoms with Crippen LogP contribution in [-0.2, 0) is 23.2 Å². The van der Waals surface area contributed by atoms with E-state index in [1.165, 1.54) is 7.11 Å². The van der Waals surface area contributed by atoms with Gasteiger partial charge in [0.1, 0.15) is 0 Å². The number of hydrogen-bond acceptors (Lipinski definition) is 5. The second-order valence-corrected chi connectivity index (χ2v) is 6.92. The Morgan fingerprint density at radius 2 is 1.96 bits per heavy atom. The lowest BCUT2D eigenvalue weighted by Crippen LogP contribution is -2.38. The number of methoxy groups -OCH3 is 1. The molecule has 2 aliphatic rings. The highest BCUT2D eigenvalue weighted by atomic mass is 16.5. The number of fused-ring (bicyclic) bond motifs is 1. The molecule has 7 heteroatoms. The molecule has 0 spiro atoms. The Kier molecular flexibility index (Phi) is 4.03. The zero-order valence-electron chi connectivity index (χ0n) is 15.0. The fraction of sp³-hybridized carbons (Fsp3) is 0.421. The molecule has 2 N–H and O–H groups in total. The molecule has 0 bridgehead atoms. The van der Waals surface area contributed by atoms with E-state index in [1.54, 1.807) is 17.0 Å². The zero-order chi connectivity index (χ0) is 18.3. The number of carbonyl (C=O) groups excluding carboxylic acids is 2. The third-order valence-corrected chi connectivity index (χ3v) is 5.52. The van der Waals surface area contributed by atoms with Gasteiger partial charge in [-0.05, 0) is 30.5 Å². The lowest BCUT2D eigenvalue weighted by Gasteiger charge is -2.29. The predicted molar refractivity (Wildman–Crippen MR) is 94.8 cm³/mol. The van der Waals surface area contributed by atoms with Crippen molar-refractivity contribution in [3.8, 4) is 0 Å². The number of aromatic nitrogens is 2. The number of H-pyrrole nitrogens is 1. The van der Waals surface area contributed by atoms with Crippen molar-refractivity contribution in [1.82, 2.24) is 20.4 Å². The molecular formula is C19H22N4O3. The number of aromatic amines is 1. The Morgan fingerprint density at radius 3 is 2.62 bits per heavy atom. The molecule has 1 aromatic heterocycles. The summed E-state index contributed by atoms with van der Waals surface area (Å²) in [5.74, 6) is -0.428. The first-order valence-electron chi connectivity index (χ1n) is 8.80. The van der Waals surface area contributed by atoms with E-state index < -0.39 is 0 Å². The molecule has 1 aliphatic heterocycles. The first-order chi connectivity index (χ1) is 12.6. The number of benzene rings is 1. The number of rotatable bonds is 4. The standard InChI is InChI=1S/C19H22N4O3/c1-23(17(24)16-14-11-20-10-7-15(14)21-22-16)19(8-9-19)13-5-3-12(4-6-13)18(25)26-2/h3-6,20H,7-11H2,1-2H3,(H,21,22). The second kappa shape index (κ2) is 6.25. The highest BCUT2D eigenvalue weighted by molar-refractivity contribution is 5.95. The molecule has 4 rings (SSSR count). The number of nitrogens with one attached hydrogen (secondary N) is 2. The maximum atomic E-state index is 13.1. The van der Waals surface area contributed by atoms with Gasteiger partial charge in [-0.1, -0.05) is 12.1 Å². The average Bonchev–Trinajstić information content (AvgIpc) is 3.39. The van der Waals surface area contributed by atoms with Crippen molar-refractivity contribution < 1.29 is 14.3 Å². The van der Waals surface area contributed by atoms with E-state index >= 15 is 0 Å². The maximum Gasteiger partial charge on any atom is 0.337 e. The van der Waals surface area contributed by atoms with E-state index in [0.717, 1.165) is 42.6 Å². The lowest BCUT2D eigenvalue weighted by atomic mass is 10.00. The Bertz CT molecular complexity index is 852. The predicted octanol–water partition coefficient (Wildman–Crippen LogP) is 1.60. The summed E-state index contributed by atoms with van der Waals surface area (Å²) in [4.78, 5) is 26.5. The minimum absolute atomic E-state index is 0.0688. The van der Waals surface area contributed by atoms with Gasteiger partial charge < -0.3 is 15.0 Å². The van der Waals surface area contributed by atoms with E-state index in [1.807, 2.05) is 19.2 Å². The van der Waals surface area contributed by atoms with Crippen molar-refractivity contribution >= 4 is 11.9 Å². The summed E-state index contributed by atoms with van der Waals surface area (Å²) in [6.45, 7) is 1.57. The van der Waals surface area contributed by atoms with Crippen molar-refractivity contribution in [1.29, 1.82) is 0 Å². The molecule has 2 aromatic rings. The summed E-state index contributed by atoms with van der Waals surface area (Å²) in [5.41, 5.74) is 3.75. The lowest BCUT2D eigenvalue weighted by molar-refractivity contribution is 0.0599. The number of carbonyl (C=O) groups is 2. The molecule has 0 unspecified atom stereocenters. The van der Waals surface area contributed by atoms with Gasteiger partial charge in [0.2, 0.25) is 0 Å². The highest BCUT2D eigenvalue weighted by Crippen LogP contribution is 2.50. The average molecular weight is 354 g/mol. The SMILES string of the molecule is COC(=O)c1ccc(C2(N(C)C(=O)c3n[nH]c4c3CNCC4)CC2)cc1. The number of amides is 1. The fourth-order valence-corrected chi connectivity index (χ4v) is 3.73. The van der Waals surface area contributed by atoms with E-state index in [4.69, 9.17) is 4.74 Å².